The number of nitrogens with two attached hydrogens (primary N) is 1. The van der Waals surface area contributed by atoms with Crippen LogP contribution in [0.2, 0.25) is 0 Å². The number of nitrogen functional groups attached to an aromatic ring is 1. The molecule has 0 unspecified atom stereocenters. The van der Waals surface area contributed by atoms with Crippen LogP contribution < -0.4 is 5.73 Å². The van der Waals surface area contributed by atoms with E-state index in [1.165, 1.54) is 0 Å². The quantitative estimate of drug-likeness (QED) is 0.733. The number of anilines is 1. The highest BCUT2D eigenvalue weighted by atomic mass is 15.2. The van der Waals surface area contributed by atoms with Gasteiger partial charge >= 0.3 is 0 Å². The molecule has 0 amide bonds. The first-order chi connectivity index (χ1) is 8.81. The van der Waals surface area contributed by atoms with Gasteiger partial charge in [-0.25, -0.2) is 9.97 Å². The topological polar surface area (TPSA) is 85.4 Å². The average Bonchev–Trinajstić information content (AvgIpc) is 2.94. The molecule has 0 aliphatic heterocycles. The summed E-state index contributed by atoms with van der Waals surface area (Å²) in [5.74, 6) is 1.35. The summed E-state index contributed by atoms with van der Waals surface area (Å²) in [5.41, 5.74) is 8.45. The minimum Gasteiger partial charge on any atom is -0.383 e. The summed E-state index contributed by atoms with van der Waals surface area (Å²) < 4.78 is 2.08. The zero-order valence-corrected chi connectivity index (χ0v) is 10.1. The predicted octanol–water partition coefficient (Wildman–Crippen LogP) is 1.81. The van der Waals surface area contributed by atoms with E-state index in [4.69, 9.17) is 5.73 Å². The lowest BCUT2D eigenvalue weighted by Crippen LogP contribution is -2.01. The van der Waals surface area contributed by atoms with Crippen molar-refractivity contribution in [1.29, 1.82) is 0 Å². The lowest BCUT2D eigenvalue weighted by molar-refractivity contribution is 0.698. The second-order valence-electron chi connectivity index (χ2n) is 4.13. The smallest absolute Gasteiger partial charge is 0.160 e. The fraction of sp³-hybridized carbons (Fsp3) is 0.250. The fourth-order valence-corrected chi connectivity index (χ4v) is 2.07. The first-order valence-corrected chi connectivity index (χ1v) is 5.91. The monoisotopic (exact) mass is 242 g/mol. The number of aromatic amines is 1. The Morgan fingerprint density at radius 2 is 2.33 bits per heavy atom. The van der Waals surface area contributed by atoms with E-state index in [2.05, 4.69) is 31.7 Å². The van der Waals surface area contributed by atoms with Crippen LogP contribution in [0.1, 0.15) is 13.3 Å². The molecule has 0 saturated carbocycles. The molecule has 6 nitrogen and oxygen atoms in total. The molecule has 0 fully saturated rings. The van der Waals surface area contributed by atoms with E-state index in [9.17, 15) is 0 Å². The molecule has 0 aliphatic carbocycles. The van der Waals surface area contributed by atoms with Crippen molar-refractivity contribution in [3.63, 3.8) is 0 Å². The number of fused-ring (bicyclic) bond motifs is 1. The molecule has 6 heteroatoms. The Labute approximate surface area is 104 Å². The maximum atomic E-state index is 5.87. The van der Waals surface area contributed by atoms with Gasteiger partial charge in [-0.2, -0.15) is 5.10 Å². The van der Waals surface area contributed by atoms with Gasteiger partial charge in [-0.15, -0.1) is 0 Å². The van der Waals surface area contributed by atoms with E-state index in [0.29, 0.717) is 5.82 Å². The second kappa shape index (κ2) is 4.14. The number of hydrogen-bond donors (Lipinski definition) is 2. The van der Waals surface area contributed by atoms with Crippen LogP contribution >= 0.6 is 0 Å². The summed E-state index contributed by atoms with van der Waals surface area (Å²) in [5, 5.41) is 6.68. The normalized spacial score (nSPS) is 11.2. The predicted molar refractivity (Wildman–Crippen MR) is 69.8 cm³/mol. The molecule has 18 heavy (non-hydrogen) atoms. The van der Waals surface area contributed by atoms with E-state index in [0.717, 1.165) is 35.5 Å². The molecule has 0 spiro atoms. The Kier molecular flexibility index (Phi) is 2.47. The van der Waals surface area contributed by atoms with Gasteiger partial charge in [0.1, 0.15) is 17.2 Å². The third-order valence-electron chi connectivity index (χ3n) is 2.86. The number of nitrogens with one attached hydrogen (secondary N) is 1. The van der Waals surface area contributed by atoms with Gasteiger partial charge in [0.25, 0.3) is 0 Å². The zero-order valence-electron chi connectivity index (χ0n) is 10.1. The molecule has 0 aliphatic rings. The Morgan fingerprint density at radius 1 is 1.44 bits per heavy atom. The standard InChI is InChI=1S/C12H14N6/c1-2-6-18-11(8-7-15-17-10(8)13)16-9-4-3-5-14-12(9)18/h3-5,7H,2,6H2,1H3,(H3,13,15,17). The van der Waals surface area contributed by atoms with Crippen LogP contribution in [0.3, 0.4) is 0 Å². The largest absolute Gasteiger partial charge is 0.383 e. The first kappa shape index (κ1) is 10.8. The summed E-state index contributed by atoms with van der Waals surface area (Å²) in [6, 6.07) is 3.84. The van der Waals surface area contributed by atoms with Crippen LogP contribution in [0.15, 0.2) is 24.5 Å². The molecule has 3 rings (SSSR count). The molecule has 0 saturated heterocycles. The number of H-pyrrole nitrogens is 1. The van der Waals surface area contributed by atoms with Crippen molar-refractivity contribution < 1.29 is 0 Å². The van der Waals surface area contributed by atoms with E-state index < -0.39 is 0 Å². The number of aromatic nitrogens is 5. The lowest BCUT2D eigenvalue weighted by atomic mass is 10.3. The number of rotatable bonds is 3. The van der Waals surface area contributed by atoms with Gasteiger partial charge in [0, 0.05) is 12.7 Å². The summed E-state index contributed by atoms with van der Waals surface area (Å²) in [7, 11) is 0. The molecule has 0 bridgehead atoms. The number of hydrogen-bond acceptors (Lipinski definition) is 4. The highest BCUT2D eigenvalue weighted by Gasteiger charge is 2.15. The van der Waals surface area contributed by atoms with Gasteiger partial charge in [0.2, 0.25) is 0 Å². The number of imidazole rings is 1. The van der Waals surface area contributed by atoms with Crippen LogP contribution in [0.5, 0.6) is 0 Å². The maximum absolute atomic E-state index is 5.87. The van der Waals surface area contributed by atoms with Gasteiger partial charge in [0.05, 0.1) is 11.8 Å². The van der Waals surface area contributed by atoms with Crippen LogP contribution in [0.4, 0.5) is 5.82 Å². The lowest BCUT2D eigenvalue weighted by Gasteiger charge is -2.05. The fourth-order valence-electron chi connectivity index (χ4n) is 2.07. The molecule has 3 aromatic heterocycles. The van der Waals surface area contributed by atoms with E-state index >= 15 is 0 Å². The molecule has 0 radical (unpaired) electrons. The molecular weight excluding hydrogens is 228 g/mol. The van der Waals surface area contributed by atoms with E-state index in [-0.39, 0.29) is 0 Å². The Morgan fingerprint density at radius 3 is 3.06 bits per heavy atom. The molecule has 0 aromatic carbocycles. The van der Waals surface area contributed by atoms with Crippen molar-refractivity contribution in [2.45, 2.75) is 19.9 Å². The highest BCUT2D eigenvalue weighted by molar-refractivity contribution is 5.79. The highest BCUT2D eigenvalue weighted by Crippen LogP contribution is 2.26. The second-order valence-corrected chi connectivity index (χ2v) is 4.13. The van der Waals surface area contributed by atoms with Gasteiger partial charge < -0.3 is 10.3 Å². The third-order valence-corrected chi connectivity index (χ3v) is 2.86. The number of aryl methyl sites for hydroxylation is 1. The van der Waals surface area contributed by atoms with Gasteiger partial charge in [0.15, 0.2) is 5.65 Å². The van der Waals surface area contributed by atoms with Crippen molar-refractivity contribution in [3.8, 4) is 11.4 Å². The van der Waals surface area contributed by atoms with Crippen molar-refractivity contribution in [2.75, 3.05) is 5.73 Å². The summed E-state index contributed by atoms with van der Waals surface area (Å²) >= 11 is 0. The summed E-state index contributed by atoms with van der Waals surface area (Å²) in [4.78, 5) is 8.98. The number of pyridine rings is 1. The van der Waals surface area contributed by atoms with Crippen LogP contribution in [0.25, 0.3) is 22.6 Å². The van der Waals surface area contributed by atoms with Crippen LogP contribution in [0, 0.1) is 0 Å². The zero-order chi connectivity index (χ0) is 12.5. The third kappa shape index (κ3) is 1.54. The summed E-state index contributed by atoms with van der Waals surface area (Å²) in [6.45, 7) is 2.98. The summed E-state index contributed by atoms with van der Waals surface area (Å²) in [6.07, 6.45) is 4.48. The van der Waals surface area contributed by atoms with Crippen molar-refractivity contribution in [2.24, 2.45) is 0 Å². The molecule has 3 heterocycles. The maximum Gasteiger partial charge on any atom is 0.160 e. The average molecular weight is 242 g/mol. The first-order valence-electron chi connectivity index (χ1n) is 5.91. The molecule has 3 aromatic rings. The van der Waals surface area contributed by atoms with Crippen LogP contribution in [-0.2, 0) is 6.54 Å². The minimum atomic E-state index is 0.530. The minimum absolute atomic E-state index is 0.530. The van der Waals surface area contributed by atoms with Gasteiger partial charge in [-0.1, -0.05) is 6.92 Å². The number of nitrogens with zero attached hydrogens (tertiary/aromatic N) is 4. The van der Waals surface area contributed by atoms with Gasteiger partial charge in [-0.3, -0.25) is 5.10 Å². The molecule has 3 N–H and O–H groups in total. The van der Waals surface area contributed by atoms with Crippen molar-refractivity contribution in [3.05, 3.63) is 24.5 Å². The Bertz CT molecular complexity index is 681. The SMILES string of the molecule is CCCn1c(-c2cn[nH]c2N)nc2cccnc21. The Hall–Kier alpha value is -2.37. The van der Waals surface area contributed by atoms with E-state index in [1.54, 1.807) is 12.4 Å². The molecular formula is C12H14N6. The van der Waals surface area contributed by atoms with Crippen molar-refractivity contribution >= 4 is 17.0 Å². The van der Waals surface area contributed by atoms with Crippen molar-refractivity contribution in [1.82, 2.24) is 24.7 Å². The molecule has 0 atom stereocenters. The van der Waals surface area contributed by atoms with Gasteiger partial charge in [-0.05, 0) is 18.6 Å². The van der Waals surface area contributed by atoms with E-state index in [1.807, 2.05) is 12.1 Å². The van der Waals surface area contributed by atoms with Crippen LogP contribution in [-0.4, -0.2) is 24.7 Å². The Balaban J connectivity index is 2.28. The molecule has 92 valence electrons.